The van der Waals surface area contributed by atoms with Crippen LogP contribution in [0.4, 0.5) is 11.4 Å². The fourth-order valence-corrected chi connectivity index (χ4v) is 4.72. The van der Waals surface area contributed by atoms with Crippen molar-refractivity contribution in [1.82, 2.24) is 14.5 Å². The number of benzene rings is 3. The van der Waals surface area contributed by atoms with Crippen molar-refractivity contribution in [2.45, 2.75) is 32.2 Å². The summed E-state index contributed by atoms with van der Waals surface area (Å²) < 4.78 is 2.18. The number of nitrogens with zero attached hydrogens (tertiary/aromatic N) is 4. The number of nitrogens with one attached hydrogen (secondary N) is 1. The average Bonchev–Trinajstić information content (AvgIpc) is 2.83. The van der Waals surface area contributed by atoms with E-state index in [0.29, 0.717) is 16.1 Å². The molecule has 35 heavy (non-hydrogen) atoms. The number of hydrogen-bond acceptors (Lipinski definition) is 4. The first kappa shape index (κ1) is 22.1. The second-order valence-corrected chi connectivity index (χ2v) is 9.68. The lowest BCUT2D eigenvalue weighted by molar-refractivity contribution is 0.413. The van der Waals surface area contributed by atoms with Gasteiger partial charge in [0.15, 0.2) is 0 Å². The zero-order valence-electron chi connectivity index (χ0n) is 19.2. The van der Waals surface area contributed by atoms with Gasteiger partial charge in [-0.05, 0) is 80.8 Å². The van der Waals surface area contributed by atoms with E-state index in [1.165, 1.54) is 6.42 Å². The highest BCUT2D eigenvalue weighted by Gasteiger charge is 2.20. The summed E-state index contributed by atoms with van der Waals surface area (Å²) in [6.07, 6.45) is 5.26. The van der Waals surface area contributed by atoms with Gasteiger partial charge >= 0.3 is 0 Å². The summed E-state index contributed by atoms with van der Waals surface area (Å²) in [4.78, 5) is 14.6. The van der Waals surface area contributed by atoms with E-state index >= 15 is 0 Å². The van der Waals surface area contributed by atoms with E-state index in [0.717, 1.165) is 63.4 Å². The lowest BCUT2D eigenvalue weighted by Gasteiger charge is -2.23. The van der Waals surface area contributed by atoms with Crippen LogP contribution in [0.2, 0.25) is 10.0 Å². The van der Waals surface area contributed by atoms with Crippen molar-refractivity contribution in [3.8, 4) is 17.1 Å². The molecule has 0 saturated heterocycles. The van der Waals surface area contributed by atoms with Crippen molar-refractivity contribution in [3.05, 3.63) is 94.0 Å². The number of pyridine rings is 1. The van der Waals surface area contributed by atoms with Gasteiger partial charge in [0.1, 0.15) is 0 Å². The van der Waals surface area contributed by atoms with Gasteiger partial charge in [0.25, 0.3) is 0 Å². The third kappa shape index (κ3) is 4.15. The van der Waals surface area contributed by atoms with Gasteiger partial charge in [0, 0.05) is 11.9 Å². The van der Waals surface area contributed by atoms with E-state index in [9.17, 15) is 0 Å². The molecule has 174 valence electrons. The molecule has 1 N–H and O–H groups in total. The maximum absolute atomic E-state index is 6.43. The van der Waals surface area contributed by atoms with Gasteiger partial charge in [0.05, 0.1) is 60.9 Å². The number of halogens is 2. The first-order valence-electron chi connectivity index (χ1n) is 11.7. The number of rotatable bonds is 4. The Morgan fingerprint density at radius 2 is 1.80 bits per heavy atom. The highest BCUT2D eigenvalue weighted by Crippen LogP contribution is 2.33. The van der Waals surface area contributed by atoms with Crippen LogP contribution in [0.25, 0.3) is 28.1 Å². The molecule has 0 unspecified atom stereocenters. The van der Waals surface area contributed by atoms with Crippen molar-refractivity contribution in [2.24, 2.45) is 4.99 Å². The van der Waals surface area contributed by atoms with E-state index in [2.05, 4.69) is 33.1 Å². The monoisotopic (exact) mass is 499 g/mol. The predicted molar refractivity (Wildman–Crippen MR) is 143 cm³/mol. The van der Waals surface area contributed by atoms with E-state index in [-0.39, 0.29) is 0 Å². The van der Waals surface area contributed by atoms with Crippen LogP contribution in [-0.4, -0.2) is 20.6 Å². The molecule has 2 aromatic carbocycles. The number of hydrogen-bond donors (Lipinski definition) is 1. The van der Waals surface area contributed by atoms with Crippen LogP contribution in [0.1, 0.15) is 25.0 Å². The summed E-state index contributed by atoms with van der Waals surface area (Å²) in [6, 6.07) is 22.3. The quantitative estimate of drug-likeness (QED) is 0.263. The molecule has 0 bridgehead atoms. The Labute approximate surface area is 213 Å². The molecular weight excluding hydrogens is 477 g/mol. The van der Waals surface area contributed by atoms with Crippen LogP contribution in [0.15, 0.2) is 77.9 Å². The summed E-state index contributed by atoms with van der Waals surface area (Å²) >= 11 is 12.7. The molecule has 6 rings (SSSR count). The van der Waals surface area contributed by atoms with Crippen LogP contribution >= 0.6 is 23.2 Å². The summed E-state index contributed by atoms with van der Waals surface area (Å²) in [5.74, 6) is 0. The van der Waals surface area contributed by atoms with Gasteiger partial charge in [-0.25, -0.2) is 4.98 Å². The van der Waals surface area contributed by atoms with Crippen LogP contribution in [0.5, 0.6) is 0 Å². The zero-order chi connectivity index (χ0) is 23.9. The Morgan fingerprint density at radius 1 is 0.943 bits per heavy atom. The molecule has 1 aromatic heterocycles. The second kappa shape index (κ2) is 8.99. The number of fused-ring (bicyclic) bond motifs is 2. The Balaban J connectivity index is 1.65. The molecule has 1 fully saturated rings. The number of para-hydroxylation sites is 2. The van der Waals surface area contributed by atoms with Crippen molar-refractivity contribution >= 4 is 45.6 Å². The van der Waals surface area contributed by atoms with Crippen LogP contribution in [0, 0.1) is 6.92 Å². The largest absolute Gasteiger partial charge is 0.352 e. The molecule has 3 aromatic rings. The Hall–Kier alpha value is -3.41. The molecule has 0 atom stereocenters. The Bertz CT molecular complexity index is 1600. The normalized spacial score (nSPS) is 14.4. The summed E-state index contributed by atoms with van der Waals surface area (Å²) in [5.41, 5.74) is 7.40. The van der Waals surface area contributed by atoms with Gasteiger partial charge in [0.2, 0.25) is 0 Å². The molecule has 7 heteroatoms. The Kier molecular flexibility index (Phi) is 5.67. The van der Waals surface area contributed by atoms with E-state index in [4.69, 9.17) is 33.2 Å². The first-order chi connectivity index (χ1) is 17.1. The minimum absolute atomic E-state index is 0.342. The fourth-order valence-electron chi connectivity index (χ4n) is 4.42. The maximum Gasteiger partial charge on any atom is 0.0900 e. The predicted octanol–water partition coefficient (Wildman–Crippen LogP) is 7.34. The third-order valence-electron chi connectivity index (χ3n) is 6.53. The molecule has 2 aliphatic carbocycles. The van der Waals surface area contributed by atoms with Crippen molar-refractivity contribution in [3.63, 3.8) is 0 Å². The number of anilines is 2. The molecular formula is C28H23Cl2N5. The maximum atomic E-state index is 6.43. The molecule has 0 amide bonds. The lowest BCUT2D eigenvalue weighted by atomic mass is 9.94. The zero-order valence-corrected chi connectivity index (χ0v) is 20.7. The second-order valence-electron chi connectivity index (χ2n) is 8.87. The lowest BCUT2D eigenvalue weighted by Crippen LogP contribution is -2.22. The molecule has 5 nitrogen and oxygen atoms in total. The van der Waals surface area contributed by atoms with Gasteiger partial charge in [-0.15, -0.1) is 0 Å². The van der Waals surface area contributed by atoms with Crippen molar-refractivity contribution in [1.29, 1.82) is 0 Å². The van der Waals surface area contributed by atoms with Crippen LogP contribution in [0.3, 0.4) is 0 Å². The highest BCUT2D eigenvalue weighted by molar-refractivity contribution is 6.42. The van der Waals surface area contributed by atoms with Gasteiger partial charge in [-0.3, -0.25) is 9.98 Å². The smallest absolute Gasteiger partial charge is 0.0900 e. The van der Waals surface area contributed by atoms with Crippen molar-refractivity contribution in [2.75, 3.05) is 5.32 Å². The fraction of sp³-hybridized carbons (Fsp3) is 0.179. The molecule has 2 heterocycles. The number of aromatic nitrogens is 3. The topological polar surface area (TPSA) is 55.1 Å². The van der Waals surface area contributed by atoms with Gasteiger partial charge in [-0.2, -0.15) is 0 Å². The van der Waals surface area contributed by atoms with Gasteiger partial charge < -0.3 is 9.88 Å². The Morgan fingerprint density at radius 3 is 2.57 bits per heavy atom. The average molecular weight is 500 g/mol. The molecule has 1 aliphatic heterocycles. The van der Waals surface area contributed by atoms with E-state index in [1.807, 2.05) is 55.5 Å². The first-order valence-corrected chi connectivity index (χ1v) is 12.5. The minimum atomic E-state index is 0.342. The molecule has 0 radical (unpaired) electrons. The van der Waals surface area contributed by atoms with E-state index < -0.39 is 0 Å². The van der Waals surface area contributed by atoms with Crippen LogP contribution < -0.4 is 10.7 Å². The van der Waals surface area contributed by atoms with E-state index in [1.54, 1.807) is 6.20 Å². The summed E-state index contributed by atoms with van der Waals surface area (Å²) in [6.45, 7) is 2.00. The van der Waals surface area contributed by atoms with Gasteiger partial charge in [-0.1, -0.05) is 35.3 Å². The molecule has 3 aliphatic rings. The highest BCUT2D eigenvalue weighted by atomic mass is 35.5. The molecule has 1 saturated carbocycles. The SMILES string of the molecule is Cc1ncccc1Nc1cc2nc3ccccc3n(-c3ccc(Cl)c(Cl)c3)c-2c/c1=N\C1CCC1. The summed E-state index contributed by atoms with van der Waals surface area (Å²) in [7, 11) is 0. The number of aryl methyl sites for hydroxylation is 1. The molecule has 0 spiro atoms. The summed E-state index contributed by atoms with van der Waals surface area (Å²) in [5, 5.41) is 5.51. The van der Waals surface area contributed by atoms with Crippen LogP contribution in [-0.2, 0) is 0 Å². The van der Waals surface area contributed by atoms with Crippen molar-refractivity contribution < 1.29 is 0 Å². The third-order valence-corrected chi connectivity index (χ3v) is 7.27. The minimum Gasteiger partial charge on any atom is -0.352 e. The standard InChI is InChI=1S/C28H23Cl2N5/c1-17-22(9-5-13-31-17)33-24-15-26-28(16-25(24)32-18-6-4-7-18)35(19-11-12-20(29)21(30)14-19)27-10-3-2-8-23(27)34-26/h2-3,5,8-16,18,33H,4,6-7H2,1H3/b32-25+.